The first-order valence-corrected chi connectivity index (χ1v) is 5.82. The molecule has 0 spiro atoms. The largest absolute Gasteiger partial charge is 0.480 e. The number of likely N-dealkylation sites (N-methyl/N-ethyl adjacent to an activating group) is 1. The average molecular weight is 213 g/mol. The first-order chi connectivity index (χ1) is 6.85. The lowest BCUT2D eigenvalue weighted by Gasteiger charge is -2.41. The van der Waals surface area contributed by atoms with Crippen LogP contribution in [0.2, 0.25) is 0 Å². The Hall–Kier alpha value is -0.570. The van der Waals surface area contributed by atoms with E-state index in [0.29, 0.717) is 6.04 Å². The van der Waals surface area contributed by atoms with E-state index in [4.69, 9.17) is 5.11 Å². The van der Waals surface area contributed by atoms with Gasteiger partial charge in [0.1, 0.15) is 5.54 Å². The molecule has 0 amide bonds. The van der Waals surface area contributed by atoms with E-state index in [2.05, 4.69) is 6.92 Å². The average Bonchev–Trinajstić information content (AvgIpc) is 2.16. The minimum atomic E-state index is -0.748. The Morgan fingerprint density at radius 2 is 2.00 bits per heavy atom. The first kappa shape index (κ1) is 12.5. The van der Waals surface area contributed by atoms with E-state index < -0.39 is 11.5 Å². The molecule has 1 aliphatic rings. The summed E-state index contributed by atoms with van der Waals surface area (Å²) in [6.07, 6.45) is 4.79. The molecule has 0 aliphatic heterocycles. The highest BCUT2D eigenvalue weighted by molar-refractivity contribution is 5.77. The molecular formula is C12H23NO2. The van der Waals surface area contributed by atoms with Crippen LogP contribution in [0, 0.1) is 5.92 Å². The van der Waals surface area contributed by atoms with Gasteiger partial charge in [0.05, 0.1) is 0 Å². The molecule has 0 saturated heterocycles. The molecule has 1 rings (SSSR count). The van der Waals surface area contributed by atoms with Crippen LogP contribution in [0.1, 0.15) is 46.5 Å². The lowest BCUT2D eigenvalue weighted by atomic mass is 9.84. The maximum absolute atomic E-state index is 11.1. The van der Waals surface area contributed by atoms with E-state index in [0.717, 1.165) is 18.8 Å². The van der Waals surface area contributed by atoms with Crippen LogP contribution in [0.4, 0.5) is 0 Å². The van der Waals surface area contributed by atoms with E-state index in [-0.39, 0.29) is 0 Å². The van der Waals surface area contributed by atoms with Crippen molar-refractivity contribution in [3.8, 4) is 0 Å². The predicted octanol–water partition coefficient (Wildman–Crippen LogP) is 2.36. The zero-order valence-corrected chi connectivity index (χ0v) is 10.3. The van der Waals surface area contributed by atoms with Gasteiger partial charge in [0.25, 0.3) is 0 Å². The van der Waals surface area contributed by atoms with Crippen molar-refractivity contribution < 1.29 is 9.90 Å². The molecule has 0 aromatic heterocycles. The number of nitrogens with zero attached hydrogens (tertiary/aromatic N) is 1. The van der Waals surface area contributed by atoms with Crippen molar-refractivity contribution in [2.24, 2.45) is 5.92 Å². The van der Waals surface area contributed by atoms with Gasteiger partial charge in [-0.2, -0.15) is 0 Å². The van der Waals surface area contributed by atoms with Gasteiger partial charge in [-0.1, -0.05) is 19.8 Å². The Kier molecular flexibility index (Phi) is 3.77. The summed E-state index contributed by atoms with van der Waals surface area (Å²) in [5, 5.41) is 9.17. The molecule has 0 heterocycles. The fourth-order valence-electron chi connectivity index (χ4n) is 2.36. The van der Waals surface area contributed by atoms with Crippen LogP contribution in [-0.2, 0) is 4.79 Å². The number of rotatable bonds is 3. The molecule has 1 N–H and O–H groups in total. The van der Waals surface area contributed by atoms with Gasteiger partial charge in [0.2, 0.25) is 0 Å². The molecular weight excluding hydrogens is 190 g/mol. The predicted molar refractivity (Wildman–Crippen MR) is 60.9 cm³/mol. The molecule has 0 radical (unpaired) electrons. The molecule has 3 nitrogen and oxygen atoms in total. The quantitative estimate of drug-likeness (QED) is 0.782. The summed E-state index contributed by atoms with van der Waals surface area (Å²) < 4.78 is 0. The van der Waals surface area contributed by atoms with Crippen molar-refractivity contribution in [1.82, 2.24) is 4.90 Å². The SMILES string of the molecule is CC1CCCC(N(C)C(C)(C)C(=O)O)C1. The van der Waals surface area contributed by atoms with Crippen LogP contribution in [0.5, 0.6) is 0 Å². The van der Waals surface area contributed by atoms with Gasteiger partial charge in [-0.25, -0.2) is 0 Å². The van der Waals surface area contributed by atoms with Gasteiger partial charge in [0, 0.05) is 6.04 Å². The summed E-state index contributed by atoms with van der Waals surface area (Å²) in [6.45, 7) is 5.83. The standard InChI is InChI=1S/C12H23NO2/c1-9-6-5-7-10(8-9)13(4)12(2,3)11(14)15/h9-10H,5-8H2,1-4H3,(H,14,15). The molecule has 0 aromatic rings. The zero-order chi connectivity index (χ0) is 11.6. The Labute approximate surface area is 92.5 Å². The topological polar surface area (TPSA) is 40.5 Å². The van der Waals surface area contributed by atoms with Gasteiger partial charge in [-0.15, -0.1) is 0 Å². The van der Waals surface area contributed by atoms with E-state index >= 15 is 0 Å². The molecule has 0 bridgehead atoms. The third kappa shape index (κ3) is 2.71. The maximum atomic E-state index is 11.1. The van der Waals surface area contributed by atoms with Crippen LogP contribution in [0.25, 0.3) is 0 Å². The second kappa shape index (κ2) is 4.52. The van der Waals surface area contributed by atoms with Gasteiger partial charge < -0.3 is 5.11 Å². The molecule has 2 atom stereocenters. The molecule has 15 heavy (non-hydrogen) atoms. The fourth-order valence-corrected chi connectivity index (χ4v) is 2.36. The van der Waals surface area contributed by atoms with E-state index in [1.165, 1.54) is 12.8 Å². The number of hydrogen-bond acceptors (Lipinski definition) is 2. The van der Waals surface area contributed by atoms with Crippen molar-refractivity contribution in [2.75, 3.05) is 7.05 Å². The smallest absolute Gasteiger partial charge is 0.323 e. The Balaban J connectivity index is 2.66. The second-order valence-electron chi connectivity index (χ2n) is 5.40. The minimum Gasteiger partial charge on any atom is -0.480 e. The van der Waals surface area contributed by atoms with Crippen LogP contribution in [-0.4, -0.2) is 34.6 Å². The van der Waals surface area contributed by atoms with E-state index in [1.54, 1.807) is 13.8 Å². The molecule has 1 aliphatic carbocycles. The number of aliphatic carboxylic acids is 1. The number of carboxylic acids is 1. The van der Waals surface area contributed by atoms with Crippen molar-refractivity contribution in [2.45, 2.75) is 58.0 Å². The Bertz CT molecular complexity index is 238. The number of carboxylic acid groups (broad SMARTS) is 1. The normalized spacial score (nSPS) is 28.1. The monoisotopic (exact) mass is 213 g/mol. The molecule has 88 valence electrons. The molecule has 3 heteroatoms. The highest BCUT2D eigenvalue weighted by Gasteiger charge is 2.37. The zero-order valence-electron chi connectivity index (χ0n) is 10.3. The van der Waals surface area contributed by atoms with Gasteiger partial charge in [-0.3, -0.25) is 9.69 Å². The van der Waals surface area contributed by atoms with Crippen molar-refractivity contribution in [3.63, 3.8) is 0 Å². The van der Waals surface area contributed by atoms with E-state index in [1.807, 2.05) is 11.9 Å². The third-order valence-electron chi connectivity index (χ3n) is 3.86. The third-order valence-corrected chi connectivity index (χ3v) is 3.86. The summed E-state index contributed by atoms with van der Waals surface area (Å²) in [5.74, 6) is -0.000906. The summed E-state index contributed by atoms with van der Waals surface area (Å²) in [4.78, 5) is 13.2. The van der Waals surface area contributed by atoms with Crippen molar-refractivity contribution >= 4 is 5.97 Å². The molecule has 1 saturated carbocycles. The van der Waals surface area contributed by atoms with Gasteiger partial charge in [0.15, 0.2) is 0 Å². The van der Waals surface area contributed by atoms with Crippen LogP contribution in [0.15, 0.2) is 0 Å². The Morgan fingerprint density at radius 3 is 2.47 bits per heavy atom. The summed E-state index contributed by atoms with van der Waals surface area (Å²) >= 11 is 0. The summed E-state index contributed by atoms with van der Waals surface area (Å²) in [6, 6.07) is 0.430. The maximum Gasteiger partial charge on any atom is 0.323 e. The highest BCUT2D eigenvalue weighted by Crippen LogP contribution is 2.30. The van der Waals surface area contributed by atoms with Crippen molar-refractivity contribution in [3.05, 3.63) is 0 Å². The van der Waals surface area contributed by atoms with Crippen molar-refractivity contribution in [1.29, 1.82) is 0 Å². The lowest BCUT2D eigenvalue weighted by molar-refractivity contribution is -0.150. The Morgan fingerprint density at radius 1 is 1.40 bits per heavy atom. The van der Waals surface area contributed by atoms with Crippen LogP contribution >= 0.6 is 0 Å². The van der Waals surface area contributed by atoms with Crippen LogP contribution < -0.4 is 0 Å². The second-order valence-corrected chi connectivity index (χ2v) is 5.40. The van der Waals surface area contributed by atoms with Gasteiger partial charge in [-0.05, 0) is 39.7 Å². The van der Waals surface area contributed by atoms with Crippen LogP contribution in [0.3, 0.4) is 0 Å². The van der Waals surface area contributed by atoms with Gasteiger partial charge >= 0.3 is 5.97 Å². The number of hydrogen-bond donors (Lipinski definition) is 1. The number of carbonyl (C=O) groups is 1. The highest BCUT2D eigenvalue weighted by atomic mass is 16.4. The first-order valence-electron chi connectivity index (χ1n) is 5.82. The fraction of sp³-hybridized carbons (Fsp3) is 0.917. The molecule has 1 fully saturated rings. The summed E-state index contributed by atoms with van der Waals surface area (Å²) in [5.41, 5.74) is -0.748. The molecule has 2 unspecified atom stereocenters. The lowest BCUT2D eigenvalue weighted by Crippen LogP contribution is -2.53. The minimum absolute atomic E-state index is 0.430. The summed E-state index contributed by atoms with van der Waals surface area (Å²) in [7, 11) is 1.94. The molecule has 0 aromatic carbocycles. The van der Waals surface area contributed by atoms with E-state index in [9.17, 15) is 4.79 Å².